The van der Waals surface area contributed by atoms with Gasteiger partial charge in [0.05, 0.1) is 17.7 Å². The fourth-order valence-corrected chi connectivity index (χ4v) is 5.03. The third-order valence-corrected chi connectivity index (χ3v) is 6.75. The molecule has 0 spiro atoms. The smallest absolute Gasteiger partial charge is 0.260 e. The molecule has 0 unspecified atom stereocenters. The zero-order valence-electron chi connectivity index (χ0n) is 16.8. The molecule has 7 heteroatoms. The molecule has 2 fully saturated rings. The van der Waals surface area contributed by atoms with Crippen LogP contribution in [0, 0.1) is 0 Å². The molecule has 30 heavy (non-hydrogen) atoms. The van der Waals surface area contributed by atoms with Crippen molar-refractivity contribution in [2.75, 3.05) is 19.8 Å². The molecular weight excluding hydrogens is 390 g/mol. The van der Waals surface area contributed by atoms with E-state index in [1.54, 1.807) is 4.90 Å². The van der Waals surface area contributed by atoms with Crippen molar-refractivity contribution >= 4 is 16.7 Å². The first-order valence-corrected chi connectivity index (χ1v) is 10.7. The molecule has 1 N–H and O–H groups in total. The number of halogens is 2. The Labute approximate surface area is 174 Å². The van der Waals surface area contributed by atoms with Crippen LogP contribution in [0.25, 0.3) is 10.8 Å². The van der Waals surface area contributed by atoms with Crippen LogP contribution in [-0.2, 0) is 6.54 Å². The van der Waals surface area contributed by atoms with Gasteiger partial charge < -0.3 is 9.84 Å². The van der Waals surface area contributed by atoms with E-state index in [0.29, 0.717) is 37.4 Å². The number of piperidine rings is 1. The van der Waals surface area contributed by atoms with Gasteiger partial charge in [0, 0.05) is 37.9 Å². The van der Waals surface area contributed by atoms with Crippen molar-refractivity contribution in [1.82, 2.24) is 9.80 Å². The van der Waals surface area contributed by atoms with Gasteiger partial charge >= 0.3 is 0 Å². The maximum atomic E-state index is 13.6. The number of carbonyl (C=O) groups is 1. The van der Waals surface area contributed by atoms with Crippen LogP contribution < -0.4 is 4.74 Å². The van der Waals surface area contributed by atoms with Crippen molar-refractivity contribution in [1.29, 1.82) is 0 Å². The molecule has 0 radical (unpaired) electrons. The molecule has 1 saturated carbocycles. The number of rotatable bonds is 3. The number of aliphatic hydroxyl groups is 1. The number of alkyl halides is 2. The van der Waals surface area contributed by atoms with Crippen molar-refractivity contribution in [2.45, 2.75) is 56.7 Å². The summed E-state index contributed by atoms with van der Waals surface area (Å²) in [6.45, 7) is 1.33. The summed E-state index contributed by atoms with van der Waals surface area (Å²) in [5, 5.41) is 12.1. The largest absolute Gasteiger partial charge is 0.472 e. The van der Waals surface area contributed by atoms with Crippen LogP contribution in [0.1, 0.15) is 48.0 Å². The Balaban J connectivity index is 1.49. The van der Waals surface area contributed by atoms with E-state index in [9.17, 15) is 18.7 Å². The zero-order valence-corrected chi connectivity index (χ0v) is 16.8. The highest BCUT2D eigenvalue weighted by Crippen LogP contribution is 2.39. The van der Waals surface area contributed by atoms with E-state index >= 15 is 0 Å². The van der Waals surface area contributed by atoms with Crippen molar-refractivity contribution in [3.8, 4) is 5.75 Å². The molecule has 2 atom stereocenters. The summed E-state index contributed by atoms with van der Waals surface area (Å²) in [7, 11) is 0. The van der Waals surface area contributed by atoms with Crippen molar-refractivity contribution in [3.63, 3.8) is 0 Å². The number of benzene rings is 2. The van der Waals surface area contributed by atoms with Gasteiger partial charge in [0.1, 0.15) is 5.75 Å². The molecule has 2 aliphatic heterocycles. The summed E-state index contributed by atoms with van der Waals surface area (Å²) in [6, 6.07) is 9.42. The predicted molar refractivity (Wildman–Crippen MR) is 109 cm³/mol. The monoisotopic (exact) mass is 416 g/mol. The average molecular weight is 416 g/mol. The van der Waals surface area contributed by atoms with E-state index in [1.165, 1.54) is 0 Å². The van der Waals surface area contributed by atoms with Crippen LogP contribution in [0.2, 0.25) is 0 Å². The summed E-state index contributed by atoms with van der Waals surface area (Å²) >= 11 is 0. The molecule has 0 bridgehead atoms. The lowest BCUT2D eigenvalue weighted by molar-refractivity contribution is -0.0565. The highest BCUT2D eigenvalue weighted by molar-refractivity contribution is 6.06. The first-order chi connectivity index (χ1) is 14.4. The van der Waals surface area contributed by atoms with Gasteiger partial charge in [-0.15, -0.1) is 0 Å². The van der Waals surface area contributed by atoms with E-state index in [-0.39, 0.29) is 31.5 Å². The highest BCUT2D eigenvalue weighted by atomic mass is 19.3. The van der Waals surface area contributed by atoms with E-state index in [0.717, 1.165) is 29.2 Å². The van der Waals surface area contributed by atoms with Crippen molar-refractivity contribution in [2.24, 2.45) is 0 Å². The number of likely N-dealkylation sites (tertiary alicyclic amines) is 1. The highest BCUT2D eigenvalue weighted by Gasteiger charge is 2.39. The molecule has 5 nitrogen and oxygen atoms in total. The van der Waals surface area contributed by atoms with Crippen molar-refractivity contribution in [3.05, 3.63) is 41.5 Å². The Morgan fingerprint density at radius 2 is 1.87 bits per heavy atom. The molecular formula is C23H26F2N2O3. The summed E-state index contributed by atoms with van der Waals surface area (Å²) in [4.78, 5) is 17.0. The summed E-state index contributed by atoms with van der Waals surface area (Å²) in [5.41, 5.74) is 1.44. The quantitative estimate of drug-likeness (QED) is 0.828. The Morgan fingerprint density at radius 1 is 1.13 bits per heavy atom. The summed E-state index contributed by atoms with van der Waals surface area (Å²) in [5.74, 6) is -2.13. The lowest BCUT2D eigenvalue weighted by Gasteiger charge is -2.36. The number of hydrogen-bond donors (Lipinski definition) is 1. The maximum Gasteiger partial charge on any atom is 0.260 e. The van der Waals surface area contributed by atoms with Crippen LogP contribution in [0.5, 0.6) is 5.75 Å². The number of carbonyl (C=O) groups excluding carboxylic acids is 1. The third kappa shape index (κ3) is 3.44. The lowest BCUT2D eigenvalue weighted by atomic mass is 9.96. The lowest BCUT2D eigenvalue weighted by Crippen LogP contribution is -2.48. The first-order valence-electron chi connectivity index (χ1n) is 10.7. The van der Waals surface area contributed by atoms with Crippen molar-refractivity contribution < 1.29 is 23.4 Å². The van der Waals surface area contributed by atoms with Crippen LogP contribution >= 0.6 is 0 Å². The van der Waals surface area contributed by atoms with Gasteiger partial charge in [-0.3, -0.25) is 14.6 Å². The van der Waals surface area contributed by atoms with Crippen LogP contribution in [0.3, 0.4) is 0 Å². The predicted octanol–water partition coefficient (Wildman–Crippen LogP) is 3.78. The van der Waals surface area contributed by atoms with Gasteiger partial charge in [0.2, 0.25) is 0 Å². The topological polar surface area (TPSA) is 53.0 Å². The van der Waals surface area contributed by atoms with Crippen LogP contribution in [-0.4, -0.2) is 58.7 Å². The number of aliphatic hydroxyl groups excluding tert-OH is 1. The van der Waals surface area contributed by atoms with E-state index in [1.807, 2.05) is 35.2 Å². The Kier molecular flexibility index (Phi) is 4.90. The van der Waals surface area contributed by atoms with E-state index in [2.05, 4.69) is 0 Å². The number of amides is 1. The Bertz CT molecular complexity index is 970. The minimum Gasteiger partial charge on any atom is -0.472 e. The SMILES string of the molecule is O=C1c2cc(CN3CCC(F)(F)CC3)c3ccccc3c2OCN1[C@H]1CCC[C@@H]1O. The molecule has 2 aromatic rings. The fraction of sp³-hybridized carbons (Fsp3) is 0.522. The molecule has 2 heterocycles. The number of ether oxygens (including phenoxy) is 1. The van der Waals surface area contributed by atoms with Crippen LogP contribution in [0.4, 0.5) is 8.78 Å². The van der Waals surface area contributed by atoms with Crippen LogP contribution in [0.15, 0.2) is 30.3 Å². The van der Waals surface area contributed by atoms with E-state index < -0.39 is 12.0 Å². The minimum atomic E-state index is -2.58. The van der Waals surface area contributed by atoms with Gasteiger partial charge in [0.25, 0.3) is 11.8 Å². The zero-order chi connectivity index (χ0) is 20.9. The third-order valence-electron chi connectivity index (χ3n) is 6.75. The normalized spacial score (nSPS) is 26.6. The molecule has 0 aromatic heterocycles. The van der Waals surface area contributed by atoms with Gasteiger partial charge in [-0.25, -0.2) is 8.78 Å². The average Bonchev–Trinajstić information content (AvgIpc) is 3.16. The second kappa shape index (κ2) is 7.46. The van der Waals surface area contributed by atoms with Gasteiger partial charge in [-0.1, -0.05) is 24.3 Å². The van der Waals surface area contributed by atoms with Gasteiger partial charge in [0.15, 0.2) is 6.73 Å². The molecule has 1 saturated heterocycles. The molecule has 160 valence electrons. The minimum absolute atomic E-state index is 0.126. The number of nitrogens with zero attached hydrogens (tertiary/aromatic N) is 2. The molecule has 1 aliphatic carbocycles. The number of hydrogen-bond acceptors (Lipinski definition) is 4. The molecule has 3 aliphatic rings. The second-order valence-electron chi connectivity index (χ2n) is 8.70. The first kappa shape index (κ1) is 19.7. The fourth-order valence-electron chi connectivity index (χ4n) is 5.03. The second-order valence-corrected chi connectivity index (χ2v) is 8.70. The molecule has 2 aromatic carbocycles. The van der Waals surface area contributed by atoms with E-state index in [4.69, 9.17) is 4.74 Å². The Hall–Kier alpha value is -2.25. The standard InChI is InChI=1S/C23H26F2N2O3/c24-23(25)8-10-26(11-9-23)13-15-12-18-21(17-5-2-1-4-16(15)17)30-14-27(22(18)29)19-6-3-7-20(19)28/h1-2,4-5,12,19-20,28H,3,6-11,13-14H2/t19-,20-/m0/s1. The maximum absolute atomic E-state index is 13.6. The molecule has 5 rings (SSSR count). The molecule has 1 amide bonds. The Morgan fingerprint density at radius 3 is 2.57 bits per heavy atom. The van der Waals surface area contributed by atoms with Gasteiger partial charge in [-0.2, -0.15) is 0 Å². The summed E-state index contributed by atoms with van der Waals surface area (Å²) < 4.78 is 33.1. The number of fused-ring (bicyclic) bond motifs is 3. The van der Waals surface area contributed by atoms with Gasteiger partial charge in [-0.05, 0) is 36.3 Å². The summed E-state index contributed by atoms with van der Waals surface area (Å²) in [6.07, 6.45) is 1.58.